The number of hydrogen-bond acceptors (Lipinski definition) is 4. The Morgan fingerprint density at radius 1 is 1.26 bits per heavy atom. The molecular formula is C25H33FN4O. The van der Waals surface area contributed by atoms with Crippen LogP contribution in [0.25, 0.3) is 10.9 Å². The van der Waals surface area contributed by atoms with E-state index < -0.39 is 0 Å². The Labute approximate surface area is 184 Å². The zero-order chi connectivity index (χ0) is 21.4. The molecule has 1 N–H and O–H groups in total. The van der Waals surface area contributed by atoms with Crippen LogP contribution in [0.1, 0.15) is 44.1 Å². The highest BCUT2D eigenvalue weighted by Gasteiger charge is 2.33. The third-order valence-electron chi connectivity index (χ3n) is 6.92. The third-order valence-corrected chi connectivity index (χ3v) is 6.92. The monoisotopic (exact) mass is 424 g/mol. The Hall–Kier alpha value is -2.44. The fourth-order valence-corrected chi connectivity index (χ4v) is 5.15. The summed E-state index contributed by atoms with van der Waals surface area (Å²) in [5.41, 5.74) is 5.07. The van der Waals surface area contributed by atoms with E-state index in [0.29, 0.717) is 18.3 Å². The molecule has 166 valence electrons. The highest BCUT2D eigenvalue weighted by molar-refractivity contribution is 5.85. The summed E-state index contributed by atoms with van der Waals surface area (Å²) < 4.78 is 18.5. The molecule has 0 saturated carbocycles. The Bertz CT molecular complexity index is 1040. The van der Waals surface area contributed by atoms with E-state index in [1.807, 2.05) is 12.3 Å². The van der Waals surface area contributed by atoms with Crippen molar-refractivity contribution in [3.8, 4) is 5.88 Å². The van der Waals surface area contributed by atoms with Crippen LogP contribution in [-0.2, 0) is 6.42 Å². The molecule has 2 aliphatic rings. The first-order valence-corrected chi connectivity index (χ1v) is 11.4. The Kier molecular flexibility index (Phi) is 5.67. The molecule has 3 aromatic rings. The molecule has 0 bridgehead atoms. The molecule has 5 nitrogen and oxygen atoms in total. The number of H-pyrrole nitrogens is 1. The summed E-state index contributed by atoms with van der Waals surface area (Å²) in [6.45, 7) is 4.66. The third kappa shape index (κ3) is 3.94. The van der Waals surface area contributed by atoms with Gasteiger partial charge in [0.2, 0.25) is 5.88 Å². The van der Waals surface area contributed by atoms with Gasteiger partial charge in [0, 0.05) is 56.0 Å². The average molecular weight is 425 g/mol. The standard InChI is InChI=1S/C25H31FN4O.H2/c1-17-14-21-20-6-3-4-7-22(20)28-24(21)25(29(17)2)18-8-9-23(27-15-18)31-19-10-13-30(16-19)12-5-11-26;/h3-4,6-9,15,17,19,25,28H,5,10-14,16H2,1-2H3;1H/t17-,19+,25-;/m1./s1. The van der Waals surface area contributed by atoms with Crippen molar-refractivity contribution in [3.63, 3.8) is 0 Å². The molecule has 0 radical (unpaired) electrons. The van der Waals surface area contributed by atoms with Gasteiger partial charge < -0.3 is 9.72 Å². The molecule has 0 amide bonds. The first-order valence-electron chi connectivity index (χ1n) is 11.4. The Morgan fingerprint density at radius 3 is 2.94 bits per heavy atom. The van der Waals surface area contributed by atoms with E-state index in [9.17, 15) is 4.39 Å². The van der Waals surface area contributed by atoms with Gasteiger partial charge in [-0.05, 0) is 50.4 Å². The minimum absolute atomic E-state index is 0. The number of para-hydroxylation sites is 1. The maximum absolute atomic E-state index is 12.4. The van der Waals surface area contributed by atoms with Crippen molar-refractivity contribution in [2.45, 2.75) is 44.4 Å². The lowest BCUT2D eigenvalue weighted by Gasteiger charge is -2.38. The fourth-order valence-electron chi connectivity index (χ4n) is 5.15. The van der Waals surface area contributed by atoms with Crippen LogP contribution in [0.15, 0.2) is 42.6 Å². The molecule has 1 aromatic carbocycles. The zero-order valence-electron chi connectivity index (χ0n) is 18.4. The predicted octanol–water partition coefficient (Wildman–Crippen LogP) is 4.59. The van der Waals surface area contributed by atoms with E-state index in [2.05, 4.69) is 64.1 Å². The molecule has 31 heavy (non-hydrogen) atoms. The number of benzene rings is 1. The molecule has 4 heterocycles. The average Bonchev–Trinajstić information content (AvgIpc) is 3.38. The second kappa shape index (κ2) is 8.60. The minimum Gasteiger partial charge on any atom is -0.473 e. The summed E-state index contributed by atoms with van der Waals surface area (Å²) in [6.07, 6.45) is 4.71. The van der Waals surface area contributed by atoms with Crippen LogP contribution in [0.3, 0.4) is 0 Å². The van der Waals surface area contributed by atoms with E-state index in [4.69, 9.17) is 4.74 Å². The van der Waals surface area contributed by atoms with Crippen molar-refractivity contribution in [2.75, 3.05) is 33.4 Å². The summed E-state index contributed by atoms with van der Waals surface area (Å²) in [5, 5.41) is 1.33. The van der Waals surface area contributed by atoms with Crippen molar-refractivity contribution in [2.24, 2.45) is 0 Å². The van der Waals surface area contributed by atoms with Crippen molar-refractivity contribution in [1.82, 2.24) is 19.8 Å². The van der Waals surface area contributed by atoms with Crippen molar-refractivity contribution in [1.29, 1.82) is 0 Å². The second-order valence-electron chi connectivity index (χ2n) is 8.99. The lowest BCUT2D eigenvalue weighted by Crippen LogP contribution is -2.39. The number of rotatable bonds is 6. The molecule has 0 spiro atoms. The number of hydrogen-bond donors (Lipinski definition) is 1. The Balaban J connectivity index is 0.00000245. The van der Waals surface area contributed by atoms with Gasteiger partial charge >= 0.3 is 0 Å². The lowest BCUT2D eigenvalue weighted by atomic mass is 9.90. The van der Waals surface area contributed by atoms with Crippen molar-refractivity contribution < 1.29 is 10.6 Å². The molecule has 1 fully saturated rings. The van der Waals surface area contributed by atoms with Crippen LogP contribution < -0.4 is 4.74 Å². The number of pyridine rings is 1. The van der Waals surface area contributed by atoms with Crippen LogP contribution in [0.2, 0.25) is 0 Å². The van der Waals surface area contributed by atoms with Crippen LogP contribution >= 0.6 is 0 Å². The number of likely N-dealkylation sites (N-methyl/N-ethyl adjacent to an activating group) is 1. The van der Waals surface area contributed by atoms with Gasteiger partial charge in [-0.25, -0.2) is 4.98 Å². The predicted molar refractivity (Wildman–Crippen MR) is 123 cm³/mol. The molecule has 6 heteroatoms. The number of nitrogens with one attached hydrogen (secondary N) is 1. The lowest BCUT2D eigenvalue weighted by molar-refractivity contribution is 0.186. The van der Waals surface area contributed by atoms with Gasteiger partial charge in [0.1, 0.15) is 6.10 Å². The number of alkyl halides is 1. The van der Waals surface area contributed by atoms with Gasteiger partial charge in [-0.3, -0.25) is 14.2 Å². The number of aromatic amines is 1. The summed E-state index contributed by atoms with van der Waals surface area (Å²) in [6, 6.07) is 13.3. The van der Waals surface area contributed by atoms with Crippen molar-refractivity contribution in [3.05, 3.63) is 59.4 Å². The number of aromatic nitrogens is 2. The smallest absolute Gasteiger partial charge is 0.213 e. The SMILES string of the molecule is C[C@@H]1Cc2c([nH]c3ccccc23)[C@@H](c2ccc(O[C@H]3CCN(CCCF)C3)nc2)N1C.[HH]. The van der Waals surface area contributed by atoms with Gasteiger partial charge in [-0.2, -0.15) is 0 Å². The fraction of sp³-hybridized carbons (Fsp3) is 0.480. The summed E-state index contributed by atoms with van der Waals surface area (Å²) in [4.78, 5) is 13.0. The molecule has 2 aromatic heterocycles. The largest absolute Gasteiger partial charge is 0.473 e. The summed E-state index contributed by atoms with van der Waals surface area (Å²) >= 11 is 0. The quantitative estimate of drug-likeness (QED) is 0.629. The normalized spacial score (nSPS) is 24.5. The molecular weight excluding hydrogens is 391 g/mol. The number of halogens is 1. The van der Waals surface area contributed by atoms with Gasteiger partial charge in [0.25, 0.3) is 0 Å². The van der Waals surface area contributed by atoms with Gasteiger partial charge in [0.05, 0.1) is 12.7 Å². The first-order chi connectivity index (χ1) is 15.1. The van der Waals surface area contributed by atoms with Gasteiger partial charge in [0.15, 0.2) is 0 Å². The molecule has 2 aliphatic heterocycles. The number of ether oxygens (including phenoxy) is 1. The van der Waals surface area contributed by atoms with E-state index in [1.165, 1.54) is 27.7 Å². The van der Waals surface area contributed by atoms with E-state index >= 15 is 0 Å². The number of nitrogens with zero attached hydrogens (tertiary/aromatic N) is 3. The molecule has 0 unspecified atom stereocenters. The summed E-state index contributed by atoms with van der Waals surface area (Å²) in [5.74, 6) is 0.671. The van der Waals surface area contributed by atoms with Gasteiger partial charge in [-0.15, -0.1) is 0 Å². The van der Waals surface area contributed by atoms with Crippen LogP contribution in [-0.4, -0.2) is 65.3 Å². The first kappa shape index (κ1) is 20.5. The highest BCUT2D eigenvalue weighted by Crippen LogP contribution is 2.39. The highest BCUT2D eigenvalue weighted by atomic mass is 19.1. The van der Waals surface area contributed by atoms with Crippen LogP contribution in [0.5, 0.6) is 5.88 Å². The molecule has 0 aliphatic carbocycles. The number of fused-ring (bicyclic) bond motifs is 3. The second-order valence-corrected chi connectivity index (χ2v) is 8.99. The number of likely N-dealkylation sites (tertiary alicyclic amines) is 1. The van der Waals surface area contributed by atoms with Gasteiger partial charge in [-0.1, -0.05) is 24.3 Å². The van der Waals surface area contributed by atoms with E-state index in [1.54, 1.807) is 0 Å². The van der Waals surface area contributed by atoms with Crippen molar-refractivity contribution >= 4 is 10.9 Å². The van der Waals surface area contributed by atoms with Crippen LogP contribution in [0.4, 0.5) is 4.39 Å². The minimum atomic E-state index is -0.253. The molecule has 1 saturated heterocycles. The zero-order valence-corrected chi connectivity index (χ0v) is 18.4. The van der Waals surface area contributed by atoms with E-state index in [0.717, 1.165) is 32.5 Å². The summed E-state index contributed by atoms with van der Waals surface area (Å²) in [7, 11) is 2.19. The molecule has 3 atom stereocenters. The van der Waals surface area contributed by atoms with Crippen LogP contribution in [0, 0.1) is 0 Å². The Morgan fingerprint density at radius 2 is 2.13 bits per heavy atom. The topological polar surface area (TPSA) is 44.4 Å². The molecule has 5 rings (SSSR count). The maximum Gasteiger partial charge on any atom is 0.213 e. The van der Waals surface area contributed by atoms with E-state index in [-0.39, 0.29) is 20.2 Å². The maximum atomic E-state index is 12.4.